The van der Waals surface area contributed by atoms with Gasteiger partial charge in [0.1, 0.15) is 0 Å². The van der Waals surface area contributed by atoms with E-state index in [1.165, 1.54) is 7.11 Å². The van der Waals surface area contributed by atoms with E-state index in [0.717, 1.165) is 0 Å². The van der Waals surface area contributed by atoms with Crippen molar-refractivity contribution in [3.8, 4) is 0 Å². The van der Waals surface area contributed by atoms with E-state index in [1.807, 2.05) is 0 Å². The molecular weight excluding hydrogens is 263 g/mol. The van der Waals surface area contributed by atoms with Crippen molar-refractivity contribution < 1.29 is 22.7 Å². The van der Waals surface area contributed by atoms with Crippen molar-refractivity contribution in [2.45, 2.75) is 25.1 Å². The molecule has 0 spiro atoms. The van der Waals surface area contributed by atoms with Crippen LogP contribution in [-0.4, -0.2) is 51.6 Å². The molecule has 0 aromatic carbocycles. The third-order valence-corrected chi connectivity index (χ3v) is 3.08. The summed E-state index contributed by atoms with van der Waals surface area (Å²) in [5, 5.41) is 7.78. The summed E-state index contributed by atoms with van der Waals surface area (Å²) in [5.41, 5.74) is 0. The highest BCUT2D eigenvalue weighted by Crippen LogP contribution is 2.33. The minimum absolute atomic E-state index is 0.0213. The van der Waals surface area contributed by atoms with E-state index in [4.69, 9.17) is 4.74 Å². The minimum Gasteiger partial charge on any atom is -0.383 e. The van der Waals surface area contributed by atoms with Gasteiger partial charge in [-0.15, -0.1) is 0 Å². The molecule has 1 aliphatic rings. The summed E-state index contributed by atoms with van der Waals surface area (Å²) in [6.45, 7) is 1.37. The number of hydrogen-bond donors (Lipinski definition) is 3. The van der Waals surface area contributed by atoms with Crippen LogP contribution in [0.4, 0.5) is 18.0 Å². The van der Waals surface area contributed by atoms with Crippen LogP contribution in [0.15, 0.2) is 0 Å². The lowest BCUT2D eigenvalue weighted by Gasteiger charge is -2.27. The zero-order valence-electron chi connectivity index (χ0n) is 10.8. The first-order valence-electron chi connectivity index (χ1n) is 6.26. The maximum Gasteiger partial charge on any atom is 0.393 e. The molecule has 0 aliphatic carbocycles. The van der Waals surface area contributed by atoms with Gasteiger partial charge < -0.3 is 20.7 Å². The van der Waals surface area contributed by atoms with Crippen molar-refractivity contribution in [2.24, 2.45) is 5.92 Å². The van der Waals surface area contributed by atoms with Crippen LogP contribution in [0.2, 0.25) is 0 Å². The number of methoxy groups -OCH3 is 1. The molecule has 2 unspecified atom stereocenters. The monoisotopic (exact) mass is 283 g/mol. The second kappa shape index (κ2) is 7.54. The van der Waals surface area contributed by atoms with Gasteiger partial charge in [-0.2, -0.15) is 13.2 Å². The largest absolute Gasteiger partial charge is 0.393 e. The number of urea groups is 1. The lowest BCUT2D eigenvalue weighted by atomic mass is 9.94. The van der Waals surface area contributed by atoms with Gasteiger partial charge in [-0.1, -0.05) is 0 Å². The molecule has 0 radical (unpaired) electrons. The lowest BCUT2D eigenvalue weighted by molar-refractivity contribution is -0.182. The summed E-state index contributed by atoms with van der Waals surface area (Å²) in [7, 11) is 1.48. The van der Waals surface area contributed by atoms with Crippen molar-refractivity contribution >= 4 is 6.03 Å². The van der Waals surface area contributed by atoms with Crippen LogP contribution >= 0.6 is 0 Å². The molecule has 3 N–H and O–H groups in total. The third-order valence-electron chi connectivity index (χ3n) is 3.08. The van der Waals surface area contributed by atoms with Crippen molar-refractivity contribution in [1.82, 2.24) is 16.0 Å². The Morgan fingerprint density at radius 2 is 2.05 bits per heavy atom. The highest BCUT2D eigenvalue weighted by Gasteiger charge is 2.45. The Kier molecular flexibility index (Phi) is 6.36. The zero-order chi connectivity index (χ0) is 14.3. The predicted molar refractivity (Wildman–Crippen MR) is 63.8 cm³/mol. The molecule has 0 bridgehead atoms. The van der Waals surface area contributed by atoms with Gasteiger partial charge >= 0.3 is 12.2 Å². The predicted octanol–water partition coefficient (Wildman–Crippen LogP) is 0.862. The van der Waals surface area contributed by atoms with Crippen LogP contribution in [0.25, 0.3) is 0 Å². The van der Waals surface area contributed by atoms with Gasteiger partial charge in [0.15, 0.2) is 0 Å². The number of carbonyl (C=O) groups is 1. The maximum absolute atomic E-state index is 12.9. The first-order valence-corrected chi connectivity index (χ1v) is 6.26. The smallest absolute Gasteiger partial charge is 0.383 e. The third kappa shape index (κ3) is 5.65. The Hall–Kier alpha value is -1.02. The van der Waals surface area contributed by atoms with E-state index < -0.39 is 24.2 Å². The van der Waals surface area contributed by atoms with Gasteiger partial charge in [-0.05, 0) is 25.9 Å². The summed E-state index contributed by atoms with van der Waals surface area (Å²) in [6, 6.07) is -1.48. The molecule has 0 saturated carbocycles. The standard InChI is InChI=1S/C11H20F3N3O2/c1-19-7-6-16-10(18)17-9-3-5-15-4-2-8(9)11(12,13)14/h8-9,15H,2-7H2,1H3,(H2,16,17,18). The fourth-order valence-corrected chi connectivity index (χ4v) is 2.09. The highest BCUT2D eigenvalue weighted by molar-refractivity contribution is 5.74. The van der Waals surface area contributed by atoms with E-state index in [2.05, 4.69) is 16.0 Å². The van der Waals surface area contributed by atoms with E-state index in [-0.39, 0.29) is 19.4 Å². The van der Waals surface area contributed by atoms with Gasteiger partial charge in [0, 0.05) is 19.7 Å². The number of ether oxygens (including phenoxy) is 1. The Labute approximate surface area is 110 Å². The Morgan fingerprint density at radius 1 is 1.37 bits per heavy atom. The number of rotatable bonds is 4. The van der Waals surface area contributed by atoms with Crippen LogP contribution in [0.5, 0.6) is 0 Å². The Morgan fingerprint density at radius 3 is 2.68 bits per heavy atom. The average molecular weight is 283 g/mol. The highest BCUT2D eigenvalue weighted by atomic mass is 19.4. The minimum atomic E-state index is -4.30. The summed E-state index contributed by atoms with van der Waals surface area (Å²) >= 11 is 0. The van der Waals surface area contributed by atoms with Crippen molar-refractivity contribution in [2.75, 3.05) is 33.4 Å². The van der Waals surface area contributed by atoms with Gasteiger partial charge in [-0.25, -0.2) is 4.79 Å². The SMILES string of the molecule is COCCNC(=O)NC1CCNCCC1C(F)(F)F. The maximum atomic E-state index is 12.9. The summed E-state index contributed by atoms with van der Waals surface area (Å²) in [6.07, 6.45) is -4.05. The van der Waals surface area contributed by atoms with Crippen molar-refractivity contribution in [3.05, 3.63) is 0 Å². The fraction of sp³-hybridized carbons (Fsp3) is 0.909. The summed E-state index contributed by atoms with van der Waals surface area (Å²) < 4.78 is 43.5. The second-order valence-corrected chi connectivity index (χ2v) is 4.47. The number of halogens is 3. The van der Waals surface area contributed by atoms with Crippen LogP contribution in [0.3, 0.4) is 0 Å². The van der Waals surface area contributed by atoms with Gasteiger partial charge in [0.05, 0.1) is 12.5 Å². The lowest BCUT2D eigenvalue weighted by Crippen LogP contribution is -2.49. The molecule has 19 heavy (non-hydrogen) atoms. The number of nitrogens with one attached hydrogen (secondary N) is 3. The quantitative estimate of drug-likeness (QED) is 0.671. The van der Waals surface area contributed by atoms with Crippen LogP contribution in [0, 0.1) is 5.92 Å². The Balaban J connectivity index is 2.53. The number of carbonyl (C=O) groups excluding carboxylic acids is 1. The first-order chi connectivity index (χ1) is 8.95. The molecule has 5 nitrogen and oxygen atoms in total. The molecule has 0 aromatic heterocycles. The topological polar surface area (TPSA) is 62.4 Å². The number of amides is 2. The summed E-state index contributed by atoms with van der Waals surface area (Å²) in [5.74, 6) is -1.50. The molecule has 0 aromatic rings. The molecular formula is C11H20F3N3O2. The van der Waals surface area contributed by atoms with Crippen molar-refractivity contribution in [1.29, 1.82) is 0 Å². The molecule has 1 rings (SSSR count). The number of alkyl halides is 3. The molecule has 8 heteroatoms. The van der Waals surface area contributed by atoms with Gasteiger partial charge in [0.25, 0.3) is 0 Å². The normalized spacial score (nSPS) is 24.6. The average Bonchev–Trinajstić information content (AvgIpc) is 2.54. The van der Waals surface area contributed by atoms with Gasteiger partial charge in [-0.3, -0.25) is 0 Å². The molecule has 2 amide bonds. The van der Waals surface area contributed by atoms with E-state index in [0.29, 0.717) is 19.7 Å². The molecule has 1 aliphatic heterocycles. The Bertz CT molecular complexity index is 287. The summed E-state index contributed by atoms with van der Waals surface area (Å²) in [4.78, 5) is 11.5. The van der Waals surface area contributed by atoms with E-state index in [9.17, 15) is 18.0 Å². The second-order valence-electron chi connectivity index (χ2n) is 4.47. The van der Waals surface area contributed by atoms with Crippen LogP contribution in [-0.2, 0) is 4.74 Å². The van der Waals surface area contributed by atoms with Crippen LogP contribution in [0.1, 0.15) is 12.8 Å². The molecule has 2 atom stereocenters. The molecule has 1 saturated heterocycles. The first kappa shape index (κ1) is 16.0. The zero-order valence-corrected chi connectivity index (χ0v) is 10.8. The van der Waals surface area contributed by atoms with Crippen LogP contribution < -0.4 is 16.0 Å². The molecule has 112 valence electrons. The van der Waals surface area contributed by atoms with E-state index >= 15 is 0 Å². The molecule has 1 heterocycles. The van der Waals surface area contributed by atoms with Crippen molar-refractivity contribution in [3.63, 3.8) is 0 Å². The molecule has 1 fully saturated rings. The van der Waals surface area contributed by atoms with E-state index in [1.54, 1.807) is 0 Å². The number of hydrogen-bond acceptors (Lipinski definition) is 3. The van der Waals surface area contributed by atoms with Gasteiger partial charge in [0.2, 0.25) is 0 Å². The fourth-order valence-electron chi connectivity index (χ4n) is 2.09.